The van der Waals surface area contributed by atoms with Crippen LogP contribution in [0.4, 0.5) is 0 Å². The molecule has 1 aromatic carbocycles. The molecule has 15 heavy (non-hydrogen) atoms. The maximum atomic E-state index is 3.50. The summed E-state index contributed by atoms with van der Waals surface area (Å²) in [6.45, 7) is 10.2. The zero-order valence-electron chi connectivity index (χ0n) is 10.2. The molecule has 0 bridgehead atoms. The van der Waals surface area contributed by atoms with E-state index in [0.29, 0.717) is 17.4 Å². The standard InChI is InChI=1S/C14H21N/c1-10(2)11-5-7-12(8-6-11)13-14(3,4)9-15-13/h5-8,10,13,15H,9H2,1-4H3. The van der Waals surface area contributed by atoms with Gasteiger partial charge in [-0.2, -0.15) is 0 Å². The molecule has 1 aliphatic heterocycles. The fourth-order valence-corrected chi connectivity index (χ4v) is 2.25. The minimum atomic E-state index is 0.416. The van der Waals surface area contributed by atoms with Gasteiger partial charge in [0.05, 0.1) is 0 Å². The lowest BCUT2D eigenvalue weighted by atomic mass is 9.74. The highest BCUT2D eigenvalue weighted by atomic mass is 15.0. The van der Waals surface area contributed by atoms with Crippen molar-refractivity contribution in [3.05, 3.63) is 35.4 Å². The summed E-state index contributed by atoms with van der Waals surface area (Å²) >= 11 is 0. The van der Waals surface area contributed by atoms with E-state index in [0.717, 1.165) is 6.54 Å². The topological polar surface area (TPSA) is 12.0 Å². The Bertz CT molecular complexity index is 335. The highest BCUT2D eigenvalue weighted by Gasteiger charge is 2.38. The highest BCUT2D eigenvalue weighted by Crippen LogP contribution is 2.40. The molecule has 1 aromatic rings. The van der Waals surface area contributed by atoms with E-state index >= 15 is 0 Å². The van der Waals surface area contributed by atoms with Crippen molar-refractivity contribution in [3.8, 4) is 0 Å². The molecular weight excluding hydrogens is 182 g/mol. The molecule has 0 spiro atoms. The fraction of sp³-hybridized carbons (Fsp3) is 0.571. The number of benzene rings is 1. The third-order valence-corrected chi connectivity index (χ3v) is 3.48. The summed E-state index contributed by atoms with van der Waals surface area (Å²) in [6.07, 6.45) is 0. The molecule has 1 atom stereocenters. The van der Waals surface area contributed by atoms with Crippen LogP contribution in [0.2, 0.25) is 0 Å². The van der Waals surface area contributed by atoms with Gasteiger partial charge in [-0.1, -0.05) is 52.0 Å². The predicted octanol–water partition coefficient (Wildman–Crippen LogP) is 3.48. The van der Waals surface area contributed by atoms with Crippen molar-refractivity contribution < 1.29 is 0 Å². The van der Waals surface area contributed by atoms with E-state index in [2.05, 4.69) is 57.3 Å². The van der Waals surface area contributed by atoms with Crippen LogP contribution in [0.3, 0.4) is 0 Å². The van der Waals surface area contributed by atoms with Gasteiger partial charge in [0, 0.05) is 12.6 Å². The summed E-state index contributed by atoms with van der Waals surface area (Å²) in [5.74, 6) is 0.626. The normalized spacial score (nSPS) is 23.9. The number of rotatable bonds is 2. The van der Waals surface area contributed by atoms with Gasteiger partial charge in [0.25, 0.3) is 0 Å². The molecule has 1 heteroatoms. The number of nitrogens with one attached hydrogen (secondary N) is 1. The van der Waals surface area contributed by atoms with E-state index in [1.807, 2.05) is 0 Å². The fourth-order valence-electron chi connectivity index (χ4n) is 2.25. The molecule has 1 nitrogen and oxygen atoms in total. The molecule has 0 amide bonds. The number of hydrogen-bond donors (Lipinski definition) is 1. The van der Waals surface area contributed by atoms with E-state index in [4.69, 9.17) is 0 Å². The molecule has 1 aliphatic rings. The quantitative estimate of drug-likeness (QED) is 0.776. The maximum absolute atomic E-state index is 3.50. The van der Waals surface area contributed by atoms with Crippen molar-refractivity contribution in [1.29, 1.82) is 0 Å². The van der Waals surface area contributed by atoms with Gasteiger partial charge < -0.3 is 5.32 Å². The second kappa shape index (κ2) is 3.64. The van der Waals surface area contributed by atoms with Crippen molar-refractivity contribution >= 4 is 0 Å². The van der Waals surface area contributed by atoms with E-state index in [1.165, 1.54) is 11.1 Å². The van der Waals surface area contributed by atoms with Crippen LogP contribution in [0.5, 0.6) is 0 Å². The third kappa shape index (κ3) is 1.93. The van der Waals surface area contributed by atoms with Gasteiger partial charge in [-0.3, -0.25) is 0 Å². The molecular formula is C14H21N. The zero-order valence-corrected chi connectivity index (χ0v) is 10.2. The first kappa shape index (κ1) is 10.7. The lowest BCUT2D eigenvalue weighted by Gasteiger charge is -2.46. The Kier molecular flexibility index (Phi) is 2.59. The average Bonchev–Trinajstić information content (AvgIpc) is 2.17. The Morgan fingerprint density at radius 2 is 1.80 bits per heavy atom. The largest absolute Gasteiger partial charge is 0.309 e. The van der Waals surface area contributed by atoms with Crippen molar-refractivity contribution in [2.45, 2.75) is 39.7 Å². The molecule has 0 aromatic heterocycles. The van der Waals surface area contributed by atoms with Crippen molar-refractivity contribution in [3.63, 3.8) is 0 Å². The SMILES string of the molecule is CC(C)c1ccc(C2NCC2(C)C)cc1. The van der Waals surface area contributed by atoms with E-state index in [-0.39, 0.29) is 0 Å². The Labute approximate surface area is 92.9 Å². The van der Waals surface area contributed by atoms with Crippen molar-refractivity contribution in [2.75, 3.05) is 6.54 Å². The van der Waals surface area contributed by atoms with Gasteiger partial charge in [-0.15, -0.1) is 0 Å². The third-order valence-electron chi connectivity index (χ3n) is 3.48. The molecule has 1 saturated heterocycles. The predicted molar refractivity (Wildman–Crippen MR) is 65.1 cm³/mol. The molecule has 0 saturated carbocycles. The zero-order chi connectivity index (χ0) is 11.1. The minimum absolute atomic E-state index is 0.416. The Morgan fingerprint density at radius 3 is 2.13 bits per heavy atom. The first-order valence-electron chi connectivity index (χ1n) is 5.84. The summed E-state index contributed by atoms with van der Waals surface area (Å²) in [6, 6.07) is 9.60. The second-order valence-electron chi connectivity index (χ2n) is 5.62. The van der Waals surface area contributed by atoms with Crippen molar-refractivity contribution in [1.82, 2.24) is 5.32 Å². The van der Waals surface area contributed by atoms with Crippen LogP contribution in [0, 0.1) is 5.41 Å². The average molecular weight is 203 g/mol. The first-order chi connectivity index (χ1) is 7.00. The van der Waals surface area contributed by atoms with Crippen LogP contribution in [0.15, 0.2) is 24.3 Å². The second-order valence-corrected chi connectivity index (χ2v) is 5.62. The van der Waals surface area contributed by atoms with E-state index < -0.39 is 0 Å². The highest BCUT2D eigenvalue weighted by molar-refractivity contribution is 5.29. The molecule has 0 radical (unpaired) electrons. The Morgan fingerprint density at radius 1 is 1.20 bits per heavy atom. The summed E-state index contributed by atoms with van der Waals surface area (Å²) in [5.41, 5.74) is 3.27. The molecule has 1 N–H and O–H groups in total. The Balaban J connectivity index is 2.17. The molecule has 1 fully saturated rings. The van der Waals surface area contributed by atoms with E-state index in [1.54, 1.807) is 0 Å². The van der Waals surface area contributed by atoms with Crippen LogP contribution in [0.1, 0.15) is 50.8 Å². The molecule has 1 unspecified atom stereocenters. The smallest absolute Gasteiger partial charge is 0.0384 e. The van der Waals surface area contributed by atoms with Gasteiger partial charge in [-0.25, -0.2) is 0 Å². The molecule has 1 heterocycles. The molecule has 2 rings (SSSR count). The van der Waals surface area contributed by atoms with Crippen LogP contribution in [-0.2, 0) is 0 Å². The van der Waals surface area contributed by atoms with Crippen LogP contribution < -0.4 is 5.32 Å². The molecule has 0 aliphatic carbocycles. The minimum Gasteiger partial charge on any atom is -0.309 e. The first-order valence-corrected chi connectivity index (χ1v) is 5.84. The van der Waals surface area contributed by atoms with Gasteiger partial charge in [-0.05, 0) is 22.5 Å². The van der Waals surface area contributed by atoms with Gasteiger partial charge in [0.15, 0.2) is 0 Å². The lowest BCUT2D eigenvalue weighted by Crippen LogP contribution is -2.52. The molecule has 82 valence electrons. The van der Waals surface area contributed by atoms with Crippen LogP contribution in [-0.4, -0.2) is 6.54 Å². The monoisotopic (exact) mass is 203 g/mol. The van der Waals surface area contributed by atoms with Crippen LogP contribution in [0.25, 0.3) is 0 Å². The summed E-state index contributed by atoms with van der Waals surface area (Å²) in [7, 11) is 0. The van der Waals surface area contributed by atoms with Crippen LogP contribution >= 0.6 is 0 Å². The van der Waals surface area contributed by atoms with Crippen molar-refractivity contribution in [2.24, 2.45) is 5.41 Å². The van der Waals surface area contributed by atoms with Gasteiger partial charge in [0.2, 0.25) is 0 Å². The Hall–Kier alpha value is -0.820. The summed E-state index contributed by atoms with van der Waals surface area (Å²) < 4.78 is 0. The van der Waals surface area contributed by atoms with Gasteiger partial charge in [0.1, 0.15) is 0 Å². The lowest BCUT2D eigenvalue weighted by molar-refractivity contribution is 0.128. The van der Waals surface area contributed by atoms with Gasteiger partial charge >= 0.3 is 0 Å². The maximum Gasteiger partial charge on any atom is 0.0384 e. The summed E-state index contributed by atoms with van der Waals surface area (Å²) in [4.78, 5) is 0. The summed E-state index contributed by atoms with van der Waals surface area (Å²) in [5, 5.41) is 3.50. The van der Waals surface area contributed by atoms with E-state index in [9.17, 15) is 0 Å². The number of hydrogen-bond acceptors (Lipinski definition) is 1.